The number of halogens is 1. The molecular formula is C16H25ClN2O2. The minimum absolute atomic E-state index is 0.0119. The van der Waals surface area contributed by atoms with Gasteiger partial charge in [-0.2, -0.15) is 0 Å². The van der Waals surface area contributed by atoms with E-state index in [0.717, 1.165) is 23.4 Å². The molecule has 1 amide bonds. The molecule has 0 aliphatic rings. The molecule has 118 valence electrons. The Labute approximate surface area is 132 Å². The number of hydrogen-bond donors (Lipinski definition) is 2. The third kappa shape index (κ3) is 6.46. The van der Waals surface area contributed by atoms with Crippen molar-refractivity contribution in [3.8, 4) is 0 Å². The Bertz CT molecular complexity index is 423. The standard InChI is InChI=1S/C16H25ClN2O2/c1-4-5-15(13-6-8-14(17)9-7-13)19-12(2)16(20)18-10-11-21-3/h6-9,12,15,19H,4-5,10-11H2,1-3H3,(H,18,20). The second-order valence-corrected chi connectivity index (χ2v) is 5.50. The van der Waals surface area contributed by atoms with Gasteiger partial charge in [-0.1, -0.05) is 37.1 Å². The largest absolute Gasteiger partial charge is 0.383 e. The summed E-state index contributed by atoms with van der Waals surface area (Å²) in [7, 11) is 1.62. The molecule has 2 unspecified atom stereocenters. The maximum Gasteiger partial charge on any atom is 0.236 e. The Morgan fingerprint density at radius 2 is 2.00 bits per heavy atom. The lowest BCUT2D eigenvalue weighted by molar-refractivity contribution is -0.123. The van der Waals surface area contributed by atoms with Crippen LogP contribution in [-0.4, -0.2) is 32.2 Å². The van der Waals surface area contributed by atoms with Crippen molar-refractivity contribution in [2.75, 3.05) is 20.3 Å². The van der Waals surface area contributed by atoms with Crippen molar-refractivity contribution < 1.29 is 9.53 Å². The zero-order valence-electron chi connectivity index (χ0n) is 13.0. The fourth-order valence-corrected chi connectivity index (χ4v) is 2.26. The highest BCUT2D eigenvalue weighted by Gasteiger charge is 2.18. The van der Waals surface area contributed by atoms with Crippen LogP contribution in [0.25, 0.3) is 0 Å². The second-order valence-electron chi connectivity index (χ2n) is 5.06. The topological polar surface area (TPSA) is 50.4 Å². The Hall–Kier alpha value is -1.10. The van der Waals surface area contributed by atoms with Crippen LogP contribution in [0.1, 0.15) is 38.3 Å². The molecule has 1 aromatic rings. The van der Waals surface area contributed by atoms with E-state index in [-0.39, 0.29) is 18.0 Å². The number of hydrogen-bond acceptors (Lipinski definition) is 3. The van der Waals surface area contributed by atoms with E-state index in [2.05, 4.69) is 17.6 Å². The summed E-state index contributed by atoms with van der Waals surface area (Å²) in [6.45, 7) is 5.06. The van der Waals surface area contributed by atoms with Crippen molar-refractivity contribution in [1.82, 2.24) is 10.6 Å². The van der Waals surface area contributed by atoms with Gasteiger partial charge in [0.15, 0.2) is 0 Å². The van der Waals surface area contributed by atoms with Crippen LogP contribution in [0, 0.1) is 0 Å². The predicted molar refractivity (Wildman–Crippen MR) is 86.6 cm³/mol. The van der Waals surface area contributed by atoms with Crippen molar-refractivity contribution in [1.29, 1.82) is 0 Å². The highest BCUT2D eigenvalue weighted by molar-refractivity contribution is 6.30. The summed E-state index contributed by atoms with van der Waals surface area (Å²) in [5.74, 6) is -0.0119. The van der Waals surface area contributed by atoms with Crippen molar-refractivity contribution in [3.05, 3.63) is 34.9 Å². The fourth-order valence-electron chi connectivity index (χ4n) is 2.14. The molecule has 0 aliphatic carbocycles. The van der Waals surface area contributed by atoms with Gasteiger partial charge in [0.05, 0.1) is 12.6 Å². The van der Waals surface area contributed by atoms with Crippen LogP contribution in [0.15, 0.2) is 24.3 Å². The van der Waals surface area contributed by atoms with Crippen LogP contribution in [0.2, 0.25) is 5.02 Å². The molecule has 0 fully saturated rings. The fraction of sp³-hybridized carbons (Fsp3) is 0.562. The van der Waals surface area contributed by atoms with Gasteiger partial charge in [0.1, 0.15) is 0 Å². The van der Waals surface area contributed by atoms with Crippen molar-refractivity contribution in [2.45, 2.75) is 38.8 Å². The molecule has 21 heavy (non-hydrogen) atoms. The van der Waals surface area contributed by atoms with Gasteiger partial charge in [0, 0.05) is 24.7 Å². The first kappa shape index (κ1) is 18.0. The molecule has 0 aliphatic heterocycles. The average Bonchev–Trinajstić information content (AvgIpc) is 2.47. The third-order valence-electron chi connectivity index (χ3n) is 3.30. The quantitative estimate of drug-likeness (QED) is 0.689. The lowest BCUT2D eigenvalue weighted by atomic mass is 10.0. The molecule has 0 saturated carbocycles. The normalized spacial score (nSPS) is 13.7. The van der Waals surface area contributed by atoms with Gasteiger partial charge in [-0.3, -0.25) is 10.1 Å². The van der Waals surface area contributed by atoms with Crippen LogP contribution in [-0.2, 0) is 9.53 Å². The minimum atomic E-state index is -0.255. The van der Waals surface area contributed by atoms with Gasteiger partial charge in [-0.25, -0.2) is 0 Å². The number of methoxy groups -OCH3 is 1. The highest BCUT2D eigenvalue weighted by atomic mass is 35.5. The molecule has 0 saturated heterocycles. The number of ether oxygens (including phenoxy) is 1. The summed E-state index contributed by atoms with van der Waals surface area (Å²) in [6, 6.07) is 7.66. The average molecular weight is 313 g/mol. The Morgan fingerprint density at radius 3 is 2.57 bits per heavy atom. The number of amides is 1. The predicted octanol–water partition coefficient (Wildman–Crippen LogP) is 2.92. The van der Waals surface area contributed by atoms with Crippen LogP contribution in [0.4, 0.5) is 0 Å². The van der Waals surface area contributed by atoms with E-state index in [0.29, 0.717) is 13.2 Å². The number of benzene rings is 1. The molecule has 0 aromatic heterocycles. The number of rotatable bonds is 9. The van der Waals surface area contributed by atoms with Gasteiger partial charge in [0.2, 0.25) is 5.91 Å². The summed E-state index contributed by atoms with van der Waals surface area (Å²) >= 11 is 5.92. The summed E-state index contributed by atoms with van der Waals surface area (Å²) in [4.78, 5) is 12.0. The van der Waals surface area contributed by atoms with Gasteiger partial charge in [-0.05, 0) is 31.0 Å². The first-order valence-corrected chi connectivity index (χ1v) is 7.74. The Morgan fingerprint density at radius 1 is 1.33 bits per heavy atom. The highest BCUT2D eigenvalue weighted by Crippen LogP contribution is 2.21. The zero-order valence-corrected chi connectivity index (χ0v) is 13.7. The first-order chi connectivity index (χ1) is 10.1. The van der Waals surface area contributed by atoms with E-state index in [1.165, 1.54) is 0 Å². The van der Waals surface area contributed by atoms with Gasteiger partial charge in [-0.15, -0.1) is 0 Å². The Balaban J connectivity index is 2.60. The second kappa shape index (κ2) is 9.77. The molecule has 1 rings (SSSR count). The third-order valence-corrected chi connectivity index (χ3v) is 3.55. The van der Waals surface area contributed by atoms with E-state index in [1.807, 2.05) is 31.2 Å². The lowest BCUT2D eigenvalue weighted by Gasteiger charge is -2.23. The maximum absolute atomic E-state index is 12.0. The number of nitrogens with one attached hydrogen (secondary N) is 2. The van der Waals surface area contributed by atoms with E-state index in [9.17, 15) is 4.79 Å². The molecule has 5 heteroatoms. The summed E-state index contributed by atoms with van der Waals surface area (Å²) < 4.78 is 4.92. The molecule has 2 N–H and O–H groups in total. The maximum atomic E-state index is 12.0. The summed E-state index contributed by atoms with van der Waals surface area (Å²) in [5, 5.41) is 6.95. The van der Waals surface area contributed by atoms with E-state index < -0.39 is 0 Å². The number of carbonyl (C=O) groups is 1. The van der Waals surface area contributed by atoms with Crippen molar-refractivity contribution in [2.24, 2.45) is 0 Å². The van der Waals surface area contributed by atoms with Gasteiger partial charge in [0.25, 0.3) is 0 Å². The molecule has 4 nitrogen and oxygen atoms in total. The smallest absolute Gasteiger partial charge is 0.236 e. The monoisotopic (exact) mass is 312 g/mol. The van der Waals surface area contributed by atoms with E-state index in [1.54, 1.807) is 7.11 Å². The lowest BCUT2D eigenvalue weighted by Crippen LogP contribution is -2.44. The minimum Gasteiger partial charge on any atom is -0.383 e. The van der Waals surface area contributed by atoms with Gasteiger partial charge < -0.3 is 10.1 Å². The summed E-state index contributed by atoms with van der Waals surface area (Å²) in [6.07, 6.45) is 2.01. The van der Waals surface area contributed by atoms with Crippen LogP contribution in [0.5, 0.6) is 0 Å². The Kier molecular flexibility index (Phi) is 8.35. The van der Waals surface area contributed by atoms with Crippen LogP contribution in [0.3, 0.4) is 0 Å². The van der Waals surface area contributed by atoms with E-state index >= 15 is 0 Å². The molecule has 0 bridgehead atoms. The molecule has 0 radical (unpaired) electrons. The zero-order chi connectivity index (χ0) is 15.7. The molecule has 1 aromatic carbocycles. The van der Waals surface area contributed by atoms with Gasteiger partial charge >= 0.3 is 0 Å². The molecule has 2 atom stereocenters. The van der Waals surface area contributed by atoms with E-state index in [4.69, 9.17) is 16.3 Å². The SMILES string of the molecule is CCCC(NC(C)C(=O)NCCOC)c1ccc(Cl)cc1. The van der Waals surface area contributed by atoms with Crippen molar-refractivity contribution in [3.63, 3.8) is 0 Å². The molecule has 0 heterocycles. The number of carbonyl (C=O) groups excluding carboxylic acids is 1. The molecule has 0 spiro atoms. The van der Waals surface area contributed by atoms with Crippen molar-refractivity contribution >= 4 is 17.5 Å². The van der Waals surface area contributed by atoms with Crippen LogP contribution < -0.4 is 10.6 Å². The van der Waals surface area contributed by atoms with Crippen LogP contribution >= 0.6 is 11.6 Å². The first-order valence-electron chi connectivity index (χ1n) is 7.36. The summed E-state index contributed by atoms with van der Waals surface area (Å²) in [5.41, 5.74) is 1.15. The molecular weight excluding hydrogens is 288 g/mol.